The van der Waals surface area contributed by atoms with E-state index in [2.05, 4.69) is 45.1 Å². The molecule has 0 aromatic heterocycles. The Balaban J connectivity index is 4.33. The summed E-state index contributed by atoms with van der Waals surface area (Å²) in [6.45, 7) is 6.63. The van der Waals surface area contributed by atoms with Crippen LogP contribution in [-0.2, 0) is 28.6 Å². The molecule has 0 aliphatic rings. The van der Waals surface area contributed by atoms with Crippen molar-refractivity contribution in [2.75, 3.05) is 13.2 Å². The minimum Gasteiger partial charge on any atom is -0.462 e. The maximum absolute atomic E-state index is 12.8. The van der Waals surface area contributed by atoms with Crippen LogP contribution in [0.15, 0.2) is 24.3 Å². The van der Waals surface area contributed by atoms with Crippen molar-refractivity contribution in [3.63, 3.8) is 0 Å². The van der Waals surface area contributed by atoms with Gasteiger partial charge in [0, 0.05) is 19.3 Å². The lowest BCUT2D eigenvalue weighted by Crippen LogP contribution is -2.30. The number of rotatable bonds is 48. The quantitative estimate of drug-likeness (QED) is 0.0263. The smallest absolute Gasteiger partial charge is 0.306 e. The highest BCUT2D eigenvalue weighted by Gasteiger charge is 2.19. The van der Waals surface area contributed by atoms with Crippen LogP contribution in [0.2, 0.25) is 0 Å². The normalized spacial score (nSPS) is 12.1. The molecule has 6 nitrogen and oxygen atoms in total. The molecule has 352 valence electrons. The third kappa shape index (κ3) is 46.9. The second-order valence-electron chi connectivity index (χ2n) is 17.8. The van der Waals surface area contributed by atoms with E-state index in [1.807, 2.05) is 0 Å². The molecule has 0 radical (unpaired) electrons. The van der Waals surface area contributed by atoms with Gasteiger partial charge in [-0.25, -0.2) is 0 Å². The summed E-state index contributed by atoms with van der Waals surface area (Å²) in [6, 6.07) is 0. The van der Waals surface area contributed by atoms with E-state index in [1.54, 1.807) is 0 Å². The molecule has 0 rings (SSSR count). The van der Waals surface area contributed by atoms with Crippen LogP contribution in [0.25, 0.3) is 0 Å². The van der Waals surface area contributed by atoms with E-state index in [-0.39, 0.29) is 31.1 Å². The SMILES string of the molecule is CCCCCC/C=C\CCCCCCCC(=O)OC(COC(=O)CCCCCCCCC/C=C\CCCCCCCC)COC(=O)CCCCCCCCCCCCCC. The monoisotopic (exact) mass is 845 g/mol. The summed E-state index contributed by atoms with van der Waals surface area (Å²) in [4.78, 5) is 37.9. The molecular formula is C54H100O6. The van der Waals surface area contributed by atoms with E-state index in [0.29, 0.717) is 19.3 Å². The van der Waals surface area contributed by atoms with E-state index in [4.69, 9.17) is 14.2 Å². The average molecular weight is 845 g/mol. The molecule has 0 fully saturated rings. The molecule has 60 heavy (non-hydrogen) atoms. The van der Waals surface area contributed by atoms with Gasteiger partial charge in [0.1, 0.15) is 13.2 Å². The van der Waals surface area contributed by atoms with Gasteiger partial charge in [0.2, 0.25) is 0 Å². The van der Waals surface area contributed by atoms with Crippen LogP contribution in [0.4, 0.5) is 0 Å². The number of esters is 3. The molecule has 0 saturated carbocycles. The first-order valence-electron chi connectivity index (χ1n) is 26.3. The highest BCUT2D eigenvalue weighted by atomic mass is 16.6. The molecule has 0 heterocycles. The predicted octanol–water partition coefficient (Wildman–Crippen LogP) is 17.2. The number of hydrogen-bond acceptors (Lipinski definition) is 6. The van der Waals surface area contributed by atoms with Gasteiger partial charge in [-0.2, -0.15) is 0 Å². The number of hydrogen-bond donors (Lipinski definition) is 0. The van der Waals surface area contributed by atoms with Crippen molar-refractivity contribution in [3.8, 4) is 0 Å². The molecule has 0 aliphatic heterocycles. The van der Waals surface area contributed by atoms with E-state index in [1.165, 1.54) is 180 Å². The maximum Gasteiger partial charge on any atom is 0.306 e. The number of carbonyl (C=O) groups excluding carboxylic acids is 3. The van der Waals surface area contributed by atoms with Crippen LogP contribution < -0.4 is 0 Å². The van der Waals surface area contributed by atoms with E-state index in [0.717, 1.165) is 64.2 Å². The summed E-state index contributed by atoms with van der Waals surface area (Å²) < 4.78 is 16.8. The summed E-state index contributed by atoms with van der Waals surface area (Å²) >= 11 is 0. The molecule has 1 atom stereocenters. The van der Waals surface area contributed by atoms with Crippen molar-refractivity contribution in [1.29, 1.82) is 0 Å². The number of ether oxygens (including phenoxy) is 3. The molecule has 0 spiro atoms. The van der Waals surface area contributed by atoms with Crippen LogP contribution in [0.5, 0.6) is 0 Å². The van der Waals surface area contributed by atoms with Gasteiger partial charge in [0.05, 0.1) is 0 Å². The zero-order valence-electron chi connectivity index (χ0n) is 40.2. The minimum atomic E-state index is -0.772. The fourth-order valence-corrected chi connectivity index (χ4v) is 7.67. The van der Waals surface area contributed by atoms with Crippen molar-refractivity contribution in [3.05, 3.63) is 24.3 Å². The van der Waals surface area contributed by atoms with Crippen molar-refractivity contribution in [2.45, 2.75) is 290 Å². The Hall–Kier alpha value is -2.11. The number of carbonyl (C=O) groups is 3. The lowest BCUT2D eigenvalue weighted by Gasteiger charge is -2.18. The standard InChI is InChI=1S/C54H100O6/c1-4-7-10-13-16-19-22-25-26-27-28-30-32-35-38-41-44-47-53(56)59-50-51(49-58-52(55)46-43-40-37-34-31-24-21-18-15-12-9-6-3)60-54(57)48-45-42-39-36-33-29-23-20-17-14-11-8-5-2/h20,23,25-26,51H,4-19,21-22,24,27-50H2,1-3H3/b23-20-,26-25-. The van der Waals surface area contributed by atoms with Gasteiger partial charge in [-0.1, -0.05) is 218 Å². The summed E-state index contributed by atoms with van der Waals surface area (Å²) in [5, 5.41) is 0. The van der Waals surface area contributed by atoms with E-state index >= 15 is 0 Å². The second kappa shape index (κ2) is 49.5. The highest BCUT2D eigenvalue weighted by molar-refractivity contribution is 5.71. The fraction of sp³-hybridized carbons (Fsp3) is 0.870. The number of unbranched alkanes of at least 4 members (excludes halogenated alkanes) is 33. The Labute approximate surface area is 373 Å². The van der Waals surface area contributed by atoms with Crippen LogP contribution in [0.1, 0.15) is 284 Å². The average Bonchev–Trinajstić information content (AvgIpc) is 3.24. The van der Waals surface area contributed by atoms with E-state index in [9.17, 15) is 14.4 Å². The first-order valence-corrected chi connectivity index (χ1v) is 26.3. The first kappa shape index (κ1) is 57.9. The van der Waals surface area contributed by atoms with Gasteiger partial charge in [-0.3, -0.25) is 14.4 Å². The van der Waals surface area contributed by atoms with Gasteiger partial charge in [-0.05, 0) is 70.6 Å². The van der Waals surface area contributed by atoms with Crippen LogP contribution in [0, 0.1) is 0 Å². The molecule has 1 unspecified atom stereocenters. The zero-order chi connectivity index (χ0) is 43.7. The second-order valence-corrected chi connectivity index (χ2v) is 17.8. The minimum absolute atomic E-state index is 0.0723. The Morgan fingerprint density at radius 1 is 0.317 bits per heavy atom. The van der Waals surface area contributed by atoms with Gasteiger partial charge in [-0.15, -0.1) is 0 Å². The van der Waals surface area contributed by atoms with Crippen molar-refractivity contribution >= 4 is 17.9 Å². The predicted molar refractivity (Wildman–Crippen MR) is 256 cm³/mol. The Kier molecular flexibility index (Phi) is 47.8. The van der Waals surface area contributed by atoms with Crippen molar-refractivity contribution in [1.82, 2.24) is 0 Å². The summed E-state index contributed by atoms with van der Waals surface area (Å²) in [5.74, 6) is -0.873. The third-order valence-electron chi connectivity index (χ3n) is 11.7. The number of allylic oxidation sites excluding steroid dienone is 4. The van der Waals surface area contributed by atoms with Crippen LogP contribution in [-0.4, -0.2) is 37.2 Å². The van der Waals surface area contributed by atoms with Crippen LogP contribution >= 0.6 is 0 Å². The Morgan fingerprint density at radius 2 is 0.550 bits per heavy atom. The molecule has 0 aromatic rings. The van der Waals surface area contributed by atoms with Gasteiger partial charge in [0.15, 0.2) is 6.10 Å². The molecule has 0 bridgehead atoms. The highest BCUT2D eigenvalue weighted by Crippen LogP contribution is 2.15. The molecule has 0 aliphatic carbocycles. The fourth-order valence-electron chi connectivity index (χ4n) is 7.67. The summed E-state index contributed by atoms with van der Waals surface area (Å²) in [5.41, 5.74) is 0. The molecule has 0 amide bonds. The lowest BCUT2D eigenvalue weighted by molar-refractivity contribution is -0.167. The van der Waals surface area contributed by atoms with E-state index < -0.39 is 6.10 Å². The van der Waals surface area contributed by atoms with Gasteiger partial charge >= 0.3 is 17.9 Å². The molecule has 0 N–H and O–H groups in total. The van der Waals surface area contributed by atoms with Crippen molar-refractivity contribution in [2.24, 2.45) is 0 Å². The third-order valence-corrected chi connectivity index (χ3v) is 11.7. The van der Waals surface area contributed by atoms with Crippen LogP contribution in [0.3, 0.4) is 0 Å². The largest absolute Gasteiger partial charge is 0.462 e. The van der Waals surface area contributed by atoms with Crippen molar-refractivity contribution < 1.29 is 28.6 Å². The zero-order valence-corrected chi connectivity index (χ0v) is 40.2. The first-order chi connectivity index (χ1) is 29.5. The Morgan fingerprint density at radius 3 is 0.850 bits per heavy atom. The lowest BCUT2D eigenvalue weighted by atomic mass is 10.0. The summed E-state index contributed by atoms with van der Waals surface area (Å²) in [6.07, 6.45) is 55.8. The summed E-state index contributed by atoms with van der Waals surface area (Å²) in [7, 11) is 0. The van der Waals surface area contributed by atoms with Gasteiger partial charge < -0.3 is 14.2 Å². The molecule has 6 heteroatoms. The topological polar surface area (TPSA) is 78.9 Å². The molecular weight excluding hydrogens is 745 g/mol. The Bertz CT molecular complexity index is 973. The molecule has 0 aromatic carbocycles. The van der Waals surface area contributed by atoms with Gasteiger partial charge in [0.25, 0.3) is 0 Å². The molecule has 0 saturated heterocycles. The maximum atomic E-state index is 12.8.